The fourth-order valence-corrected chi connectivity index (χ4v) is 0.718. The number of unbranched alkanes of at least 4 members (excludes halogenated alkanes) is 1. The molecule has 0 saturated carbocycles. The summed E-state index contributed by atoms with van der Waals surface area (Å²) in [6.45, 7) is 6.33. The van der Waals surface area contributed by atoms with Crippen molar-refractivity contribution in [2.24, 2.45) is 0 Å². The largest absolute Gasteiger partial charge is 0.462 e. The summed E-state index contributed by atoms with van der Waals surface area (Å²) in [7, 11) is 1.52. The van der Waals surface area contributed by atoms with Crippen LogP contribution in [0, 0.1) is 0 Å². The van der Waals surface area contributed by atoms with Crippen LogP contribution < -0.4 is 0 Å². The van der Waals surface area contributed by atoms with Crippen molar-refractivity contribution in [3.8, 4) is 0 Å². The van der Waals surface area contributed by atoms with Gasteiger partial charge in [-0.25, -0.2) is 4.79 Å². The van der Waals surface area contributed by atoms with Gasteiger partial charge in [-0.1, -0.05) is 19.9 Å². The lowest BCUT2D eigenvalue weighted by Crippen LogP contribution is -2.13. The Balaban J connectivity index is 3.50. The summed E-state index contributed by atoms with van der Waals surface area (Å²) in [6, 6.07) is 0. The standard InChI is InChI=1S/C10H18O4/c1-4-5-6-14-10(11)9(2)7-13-8-12-3/h2,4-8H2,1,3H3. The highest BCUT2D eigenvalue weighted by Gasteiger charge is 2.07. The number of rotatable bonds is 8. The van der Waals surface area contributed by atoms with Gasteiger partial charge in [-0.05, 0) is 6.42 Å². The lowest BCUT2D eigenvalue weighted by Gasteiger charge is -2.06. The molecule has 0 rings (SSSR count). The number of carbonyl (C=O) groups excluding carboxylic acids is 1. The average Bonchev–Trinajstić information content (AvgIpc) is 2.18. The molecule has 0 aromatic rings. The second-order valence-corrected chi connectivity index (χ2v) is 2.85. The predicted octanol–water partition coefficient (Wildman–Crippen LogP) is 1.51. The third-order valence-corrected chi connectivity index (χ3v) is 1.50. The van der Waals surface area contributed by atoms with Gasteiger partial charge >= 0.3 is 5.97 Å². The van der Waals surface area contributed by atoms with Gasteiger partial charge in [0.2, 0.25) is 0 Å². The number of hydrogen-bond acceptors (Lipinski definition) is 4. The number of carbonyl (C=O) groups is 1. The molecular weight excluding hydrogens is 184 g/mol. The van der Waals surface area contributed by atoms with E-state index in [2.05, 4.69) is 11.3 Å². The van der Waals surface area contributed by atoms with E-state index in [4.69, 9.17) is 9.47 Å². The topological polar surface area (TPSA) is 44.8 Å². The molecule has 0 aromatic heterocycles. The van der Waals surface area contributed by atoms with Gasteiger partial charge in [-0.2, -0.15) is 0 Å². The fourth-order valence-electron chi connectivity index (χ4n) is 0.718. The van der Waals surface area contributed by atoms with E-state index in [9.17, 15) is 4.79 Å². The SMILES string of the molecule is C=C(COCOC)C(=O)OCCCC. The maximum absolute atomic E-state index is 11.2. The van der Waals surface area contributed by atoms with Crippen molar-refractivity contribution in [1.82, 2.24) is 0 Å². The molecule has 14 heavy (non-hydrogen) atoms. The Morgan fingerprint density at radius 3 is 2.71 bits per heavy atom. The van der Waals surface area contributed by atoms with E-state index >= 15 is 0 Å². The zero-order valence-electron chi connectivity index (χ0n) is 8.88. The highest BCUT2D eigenvalue weighted by atomic mass is 16.7. The maximum atomic E-state index is 11.2. The molecule has 0 spiro atoms. The molecule has 82 valence electrons. The van der Waals surface area contributed by atoms with Crippen molar-refractivity contribution in [3.05, 3.63) is 12.2 Å². The Morgan fingerprint density at radius 2 is 2.14 bits per heavy atom. The van der Waals surface area contributed by atoms with E-state index in [1.807, 2.05) is 6.92 Å². The van der Waals surface area contributed by atoms with Gasteiger partial charge in [0, 0.05) is 7.11 Å². The van der Waals surface area contributed by atoms with E-state index in [-0.39, 0.29) is 13.4 Å². The molecule has 0 aliphatic carbocycles. The summed E-state index contributed by atoms with van der Waals surface area (Å²) in [5, 5.41) is 0. The van der Waals surface area contributed by atoms with Crippen molar-refractivity contribution >= 4 is 5.97 Å². The molecule has 0 atom stereocenters. The first-order valence-corrected chi connectivity index (χ1v) is 4.64. The van der Waals surface area contributed by atoms with E-state index < -0.39 is 5.97 Å². The normalized spacial score (nSPS) is 9.86. The zero-order valence-corrected chi connectivity index (χ0v) is 8.88. The molecule has 0 aliphatic heterocycles. The minimum absolute atomic E-state index is 0.152. The van der Waals surface area contributed by atoms with Crippen LogP contribution in [0.3, 0.4) is 0 Å². The second-order valence-electron chi connectivity index (χ2n) is 2.85. The van der Waals surface area contributed by atoms with E-state index in [0.717, 1.165) is 12.8 Å². The highest BCUT2D eigenvalue weighted by molar-refractivity contribution is 5.87. The Hall–Kier alpha value is -0.870. The summed E-state index contributed by atoms with van der Waals surface area (Å²) in [5.41, 5.74) is 0.318. The number of hydrogen-bond donors (Lipinski definition) is 0. The van der Waals surface area contributed by atoms with Crippen LogP contribution in [-0.2, 0) is 19.0 Å². The highest BCUT2D eigenvalue weighted by Crippen LogP contribution is 1.98. The second kappa shape index (κ2) is 8.72. The first-order valence-electron chi connectivity index (χ1n) is 4.64. The van der Waals surface area contributed by atoms with Crippen LogP contribution in [0.25, 0.3) is 0 Å². The smallest absolute Gasteiger partial charge is 0.335 e. The van der Waals surface area contributed by atoms with Crippen molar-refractivity contribution < 1.29 is 19.0 Å². The predicted molar refractivity (Wildman–Crippen MR) is 52.8 cm³/mol. The van der Waals surface area contributed by atoms with Crippen molar-refractivity contribution in [2.75, 3.05) is 27.1 Å². The Labute approximate surface area is 84.8 Å². The molecule has 4 heteroatoms. The number of esters is 1. The summed E-state index contributed by atoms with van der Waals surface area (Å²) in [6.07, 6.45) is 1.87. The quantitative estimate of drug-likeness (QED) is 0.259. The molecule has 0 unspecified atom stereocenters. The molecule has 0 N–H and O–H groups in total. The lowest BCUT2D eigenvalue weighted by molar-refractivity contribution is -0.140. The Morgan fingerprint density at radius 1 is 1.43 bits per heavy atom. The Bertz CT molecular complexity index is 157. The third-order valence-electron chi connectivity index (χ3n) is 1.50. The summed E-state index contributed by atoms with van der Waals surface area (Å²) in [5.74, 6) is -0.394. The minimum Gasteiger partial charge on any atom is -0.462 e. The molecule has 4 nitrogen and oxygen atoms in total. The minimum atomic E-state index is -0.394. The molecular formula is C10H18O4. The van der Waals surface area contributed by atoms with Gasteiger partial charge in [0.05, 0.1) is 18.8 Å². The molecule has 0 fully saturated rings. The molecule has 0 amide bonds. The third kappa shape index (κ3) is 6.62. The van der Waals surface area contributed by atoms with Crippen molar-refractivity contribution in [1.29, 1.82) is 0 Å². The molecule has 0 radical (unpaired) electrons. The lowest BCUT2D eigenvalue weighted by atomic mass is 10.3. The zero-order chi connectivity index (χ0) is 10.8. The van der Waals surface area contributed by atoms with Crippen molar-refractivity contribution in [2.45, 2.75) is 19.8 Å². The average molecular weight is 202 g/mol. The van der Waals surface area contributed by atoms with E-state index in [0.29, 0.717) is 12.2 Å². The van der Waals surface area contributed by atoms with Crippen LogP contribution in [0.1, 0.15) is 19.8 Å². The van der Waals surface area contributed by atoms with Gasteiger partial charge in [0.1, 0.15) is 6.79 Å². The van der Waals surface area contributed by atoms with Crippen molar-refractivity contribution in [3.63, 3.8) is 0 Å². The van der Waals surface area contributed by atoms with E-state index in [1.54, 1.807) is 0 Å². The summed E-state index contributed by atoms with van der Waals surface area (Å²) in [4.78, 5) is 11.2. The fraction of sp³-hybridized carbons (Fsp3) is 0.700. The van der Waals surface area contributed by atoms with Crippen LogP contribution >= 0.6 is 0 Å². The number of ether oxygens (including phenoxy) is 3. The Kier molecular flexibility index (Phi) is 8.17. The summed E-state index contributed by atoms with van der Waals surface area (Å²) >= 11 is 0. The first-order chi connectivity index (χ1) is 6.72. The molecule has 0 bridgehead atoms. The maximum Gasteiger partial charge on any atom is 0.335 e. The van der Waals surface area contributed by atoms with E-state index in [1.165, 1.54) is 7.11 Å². The molecule has 0 aliphatic rings. The molecule has 0 aromatic carbocycles. The number of methoxy groups -OCH3 is 1. The van der Waals surface area contributed by atoms with Crippen LogP contribution in [0.5, 0.6) is 0 Å². The van der Waals surface area contributed by atoms with Gasteiger partial charge in [0.15, 0.2) is 0 Å². The van der Waals surface area contributed by atoms with Gasteiger partial charge in [-0.3, -0.25) is 0 Å². The first kappa shape index (κ1) is 13.1. The van der Waals surface area contributed by atoms with Gasteiger partial charge < -0.3 is 14.2 Å². The van der Waals surface area contributed by atoms with Crippen LogP contribution in [0.15, 0.2) is 12.2 Å². The van der Waals surface area contributed by atoms with Gasteiger partial charge in [-0.15, -0.1) is 0 Å². The van der Waals surface area contributed by atoms with Gasteiger partial charge in [0.25, 0.3) is 0 Å². The van der Waals surface area contributed by atoms with Crippen LogP contribution in [0.4, 0.5) is 0 Å². The molecule has 0 heterocycles. The van der Waals surface area contributed by atoms with Crippen LogP contribution in [-0.4, -0.2) is 33.1 Å². The molecule has 0 saturated heterocycles. The summed E-state index contributed by atoms with van der Waals surface area (Å²) < 4.78 is 14.5. The van der Waals surface area contributed by atoms with Crippen LogP contribution in [0.2, 0.25) is 0 Å². The monoisotopic (exact) mass is 202 g/mol.